The minimum atomic E-state index is 0.542. The molecule has 0 atom stereocenters. The number of methoxy groups -OCH3 is 3. The van der Waals surface area contributed by atoms with Crippen LogP contribution in [0.4, 0.5) is 0 Å². The third kappa shape index (κ3) is 2.77. The summed E-state index contributed by atoms with van der Waals surface area (Å²) in [6.45, 7) is 0. The summed E-state index contributed by atoms with van der Waals surface area (Å²) in [4.78, 5) is 0. The molecule has 0 aliphatic heterocycles. The lowest BCUT2D eigenvalue weighted by Gasteiger charge is -2.14. The molecule has 0 bridgehead atoms. The van der Waals surface area contributed by atoms with E-state index in [1.807, 2.05) is 36.0 Å². The summed E-state index contributed by atoms with van der Waals surface area (Å²) in [6.07, 6.45) is 3.74. The molecular formula is C20H20N4O3. The fraction of sp³-hybridized carbons (Fsp3) is 0.200. The van der Waals surface area contributed by atoms with E-state index in [0.717, 1.165) is 16.6 Å². The number of hydrogen-bond donors (Lipinski definition) is 0. The normalized spacial score (nSPS) is 11.0. The number of benzene rings is 2. The second-order valence-corrected chi connectivity index (χ2v) is 6.11. The molecule has 0 saturated carbocycles. The Morgan fingerprint density at radius 2 is 1.63 bits per heavy atom. The van der Waals surface area contributed by atoms with Crippen molar-refractivity contribution in [3.05, 3.63) is 48.9 Å². The highest BCUT2D eigenvalue weighted by atomic mass is 16.5. The zero-order valence-corrected chi connectivity index (χ0v) is 15.6. The van der Waals surface area contributed by atoms with Crippen LogP contribution in [-0.4, -0.2) is 40.7 Å². The zero-order valence-electron chi connectivity index (χ0n) is 15.6. The molecule has 0 N–H and O–H groups in total. The van der Waals surface area contributed by atoms with Gasteiger partial charge in [-0.1, -0.05) is 0 Å². The van der Waals surface area contributed by atoms with Crippen molar-refractivity contribution >= 4 is 10.9 Å². The highest BCUT2D eigenvalue weighted by Crippen LogP contribution is 2.41. The van der Waals surface area contributed by atoms with E-state index in [9.17, 15) is 0 Å². The predicted octanol–water partition coefficient (Wildman–Crippen LogP) is 3.45. The first-order chi connectivity index (χ1) is 13.2. The maximum Gasteiger partial charge on any atom is 0.203 e. The Kier molecular flexibility index (Phi) is 4.19. The highest BCUT2D eigenvalue weighted by molar-refractivity contribution is 5.82. The van der Waals surface area contributed by atoms with E-state index in [2.05, 4.69) is 33.0 Å². The SMILES string of the molecule is COc1cc(-c2nncn2-c2ccc3c(ccn3C)c2)cc(OC)c1OC. The Hall–Kier alpha value is -3.48. The molecule has 0 fully saturated rings. The van der Waals surface area contributed by atoms with Crippen LogP contribution in [0.15, 0.2) is 48.9 Å². The number of rotatable bonds is 5. The Morgan fingerprint density at radius 3 is 2.30 bits per heavy atom. The molecule has 7 nitrogen and oxygen atoms in total. The van der Waals surface area contributed by atoms with Crippen LogP contribution in [0, 0.1) is 0 Å². The minimum Gasteiger partial charge on any atom is -0.493 e. The number of hydrogen-bond acceptors (Lipinski definition) is 5. The van der Waals surface area contributed by atoms with Gasteiger partial charge in [0.25, 0.3) is 0 Å². The first kappa shape index (κ1) is 17.0. The maximum atomic E-state index is 5.46. The number of ether oxygens (including phenoxy) is 3. The second-order valence-electron chi connectivity index (χ2n) is 6.11. The second kappa shape index (κ2) is 6.68. The van der Waals surface area contributed by atoms with Crippen LogP contribution < -0.4 is 14.2 Å². The number of aromatic nitrogens is 4. The quantitative estimate of drug-likeness (QED) is 0.543. The van der Waals surface area contributed by atoms with Crippen LogP contribution >= 0.6 is 0 Å². The van der Waals surface area contributed by atoms with E-state index in [0.29, 0.717) is 23.1 Å². The molecule has 0 radical (unpaired) electrons. The summed E-state index contributed by atoms with van der Waals surface area (Å²) >= 11 is 0. The Morgan fingerprint density at radius 1 is 0.889 bits per heavy atom. The Bertz CT molecular complexity index is 1090. The van der Waals surface area contributed by atoms with Crippen molar-refractivity contribution < 1.29 is 14.2 Å². The monoisotopic (exact) mass is 364 g/mol. The van der Waals surface area contributed by atoms with Gasteiger partial charge in [0.15, 0.2) is 17.3 Å². The van der Waals surface area contributed by atoms with Crippen molar-refractivity contribution in [2.24, 2.45) is 7.05 Å². The fourth-order valence-electron chi connectivity index (χ4n) is 3.25. The average Bonchev–Trinajstić information content (AvgIpc) is 3.33. The molecule has 0 aliphatic rings. The Balaban J connectivity index is 1.86. The summed E-state index contributed by atoms with van der Waals surface area (Å²) in [5.41, 5.74) is 2.96. The molecule has 138 valence electrons. The molecule has 0 unspecified atom stereocenters. The van der Waals surface area contributed by atoms with Gasteiger partial charge in [0, 0.05) is 35.4 Å². The molecule has 2 aromatic carbocycles. The van der Waals surface area contributed by atoms with Crippen LogP contribution in [0.25, 0.3) is 28.0 Å². The minimum absolute atomic E-state index is 0.542. The van der Waals surface area contributed by atoms with Crippen molar-refractivity contribution in [3.63, 3.8) is 0 Å². The lowest BCUT2D eigenvalue weighted by Crippen LogP contribution is -1.99. The van der Waals surface area contributed by atoms with Crippen LogP contribution in [0.2, 0.25) is 0 Å². The molecule has 4 rings (SSSR count). The molecule has 0 aliphatic carbocycles. The molecule has 4 aromatic rings. The van der Waals surface area contributed by atoms with E-state index in [1.54, 1.807) is 27.7 Å². The van der Waals surface area contributed by atoms with E-state index in [-0.39, 0.29) is 0 Å². The van der Waals surface area contributed by atoms with Gasteiger partial charge in [-0.2, -0.15) is 0 Å². The van der Waals surface area contributed by atoms with Gasteiger partial charge >= 0.3 is 0 Å². The molecule has 0 spiro atoms. The fourth-order valence-corrected chi connectivity index (χ4v) is 3.25. The molecule has 2 heterocycles. The van der Waals surface area contributed by atoms with Gasteiger partial charge in [-0.05, 0) is 36.4 Å². The zero-order chi connectivity index (χ0) is 19.0. The molecule has 7 heteroatoms. The van der Waals surface area contributed by atoms with Crippen LogP contribution in [-0.2, 0) is 7.05 Å². The van der Waals surface area contributed by atoms with Gasteiger partial charge in [-0.3, -0.25) is 4.57 Å². The third-order valence-corrected chi connectivity index (χ3v) is 4.62. The summed E-state index contributed by atoms with van der Waals surface area (Å²) < 4.78 is 20.3. The maximum absolute atomic E-state index is 5.46. The molecule has 27 heavy (non-hydrogen) atoms. The third-order valence-electron chi connectivity index (χ3n) is 4.62. The molecule has 0 saturated heterocycles. The van der Waals surface area contributed by atoms with E-state index < -0.39 is 0 Å². The standard InChI is InChI=1S/C20H20N4O3/c1-23-8-7-13-9-15(5-6-16(13)23)24-12-21-22-20(24)14-10-17(25-2)19(27-4)18(11-14)26-3/h5-12H,1-4H3. The summed E-state index contributed by atoms with van der Waals surface area (Å²) in [6, 6.07) is 12.1. The van der Waals surface area contributed by atoms with Crippen molar-refractivity contribution in [2.75, 3.05) is 21.3 Å². The average molecular weight is 364 g/mol. The lowest BCUT2D eigenvalue weighted by atomic mass is 10.1. The van der Waals surface area contributed by atoms with E-state index in [1.165, 1.54) is 5.52 Å². The summed E-state index contributed by atoms with van der Waals surface area (Å²) in [5.74, 6) is 2.37. The van der Waals surface area contributed by atoms with Crippen LogP contribution in [0.1, 0.15) is 0 Å². The van der Waals surface area contributed by atoms with Gasteiger partial charge in [-0.15, -0.1) is 10.2 Å². The molecule has 2 aromatic heterocycles. The van der Waals surface area contributed by atoms with Gasteiger partial charge in [0.05, 0.1) is 21.3 Å². The van der Waals surface area contributed by atoms with E-state index in [4.69, 9.17) is 14.2 Å². The number of fused-ring (bicyclic) bond motifs is 1. The van der Waals surface area contributed by atoms with Gasteiger partial charge < -0.3 is 18.8 Å². The summed E-state index contributed by atoms with van der Waals surface area (Å²) in [5, 5.41) is 9.57. The van der Waals surface area contributed by atoms with Gasteiger partial charge in [-0.25, -0.2) is 0 Å². The highest BCUT2D eigenvalue weighted by Gasteiger charge is 2.18. The van der Waals surface area contributed by atoms with Crippen molar-refractivity contribution in [3.8, 4) is 34.3 Å². The first-order valence-corrected chi connectivity index (χ1v) is 8.42. The summed E-state index contributed by atoms with van der Waals surface area (Å²) in [7, 11) is 6.80. The number of aryl methyl sites for hydroxylation is 1. The van der Waals surface area contributed by atoms with Gasteiger partial charge in [0.2, 0.25) is 5.75 Å². The number of nitrogens with zero attached hydrogens (tertiary/aromatic N) is 4. The van der Waals surface area contributed by atoms with Crippen LogP contribution in [0.5, 0.6) is 17.2 Å². The van der Waals surface area contributed by atoms with Gasteiger partial charge in [0.1, 0.15) is 6.33 Å². The van der Waals surface area contributed by atoms with E-state index >= 15 is 0 Å². The lowest BCUT2D eigenvalue weighted by molar-refractivity contribution is 0.324. The van der Waals surface area contributed by atoms with Crippen molar-refractivity contribution in [1.29, 1.82) is 0 Å². The molecule has 0 amide bonds. The first-order valence-electron chi connectivity index (χ1n) is 8.42. The van der Waals surface area contributed by atoms with Crippen LogP contribution in [0.3, 0.4) is 0 Å². The largest absolute Gasteiger partial charge is 0.493 e. The molecular weight excluding hydrogens is 344 g/mol. The topological polar surface area (TPSA) is 63.3 Å². The van der Waals surface area contributed by atoms with Crippen molar-refractivity contribution in [2.45, 2.75) is 0 Å². The van der Waals surface area contributed by atoms with Crippen molar-refractivity contribution in [1.82, 2.24) is 19.3 Å². The predicted molar refractivity (Wildman–Crippen MR) is 103 cm³/mol. The smallest absolute Gasteiger partial charge is 0.203 e. The Labute approximate surface area is 156 Å².